The van der Waals surface area contributed by atoms with Gasteiger partial charge >= 0.3 is 0 Å². The number of thioether (sulfide) groups is 1. The Hall–Kier alpha value is -1.56. The van der Waals surface area contributed by atoms with Crippen LogP contribution in [0.1, 0.15) is 85.5 Å². The molecule has 5 nitrogen and oxygen atoms in total. The summed E-state index contributed by atoms with van der Waals surface area (Å²) in [5.74, 6) is 1.58. The molecule has 0 atom stereocenters. The normalized spacial score (nSPS) is 15.9. The zero-order valence-corrected chi connectivity index (χ0v) is 16.4. The van der Waals surface area contributed by atoms with Crippen molar-refractivity contribution < 1.29 is 9.21 Å². The number of carbonyl (C=O) groups excluding carboxylic acids is 1. The summed E-state index contributed by atoms with van der Waals surface area (Å²) in [6.45, 7) is 8.33. The van der Waals surface area contributed by atoms with Crippen molar-refractivity contribution in [2.24, 2.45) is 0 Å². The third-order valence-electron chi connectivity index (χ3n) is 5.00. The number of ketones is 1. The molecule has 0 aliphatic heterocycles. The zero-order chi connectivity index (χ0) is 18.0. The molecule has 2 aromatic rings. The number of rotatable bonds is 6. The van der Waals surface area contributed by atoms with Crippen LogP contribution in [0.15, 0.2) is 15.7 Å². The Bertz CT molecular complexity index is 742. The lowest BCUT2D eigenvalue weighted by Gasteiger charge is -2.17. The first-order valence-electron chi connectivity index (χ1n) is 9.15. The van der Waals surface area contributed by atoms with Gasteiger partial charge in [0.05, 0.1) is 5.75 Å². The Morgan fingerprint density at radius 2 is 2.00 bits per heavy atom. The van der Waals surface area contributed by atoms with Crippen molar-refractivity contribution in [2.75, 3.05) is 5.75 Å². The standard InChI is InChI=1S/C19H27N3O2S/c1-12(2)22-13(3)10-16(14(22)4)17(23)11-25-19-21-20-18(24-19)15-8-6-5-7-9-15/h10,12,15H,5-9,11H2,1-4H3. The molecule has 1 fully saturated rings. The summed E-state index contributed by atoms with van der Waals surface area (Å²) < 4.78 is 7.99. The molecule has 0 saturated heterocycles. The SMILES string of the molecule is Cc1cc(C(=O)CSc2nnc(C3CCCCC3)o2)c(C)n1C(C)C. The van der Waals surface area contributed by atoms with Gasteiger partial charge < -0.3 is 8.98 Å². The lowest BCUT2D eigenvalue weighted by molar-refractivity contribution is 0.102. The predicted octanol–water partition coefficient (Wildman–Crippen LogP) is 5.09. The van der Waals surface area contributed by atoms with Crippen LogP contribution < -0.4 is 0 Å². The Balaban J connectivity index is 1.63. The molecule has 0 unspecified atom stereocenters. The molecule has 6 heteroatoms. The van der Waals surface area contributed by atoms with Gasteiger partial charge in [-0.3, -0.25) is 4.79 Å². The molecule has 0 radical (unpaired) electrons. The van der Waals surface area contributed by atoms with E-state index < -0.39 is 0 Å². The average Bonchev–Trinajstić information content (AvgIpc) is 3.18. The van der Waals surface area contributed by atoms with Gasteiger partial charge in [0.15, 0.2) is 5.78 Å². The first-order chi connectivity index (χ1) is 12.0. The van der Waals surface area contributed by atoms with Gasteiger partial charge in [0.1, 0.15) is 0 Å². The molecule has 0 bridgehead atoms. The van der Waals surface area contributed by atoms with E-state index in [2.05, 4.69) is 28.6 Å². The maximum absolute atomic E-state index is 12.6. The minimum atomic E-state index is 0.113. The number of aromatic nitrogens is 3. The van der Waals surface area contributed by atoms with Crippen LogP contribution in [0.25, 0.3) is 0 Å². The predicted molar refractivity (Wildman–Crippen MR) is 99.5 cm³/mol. The number of carbonyl (C=O) groups is 1. The van der Waals surface area contributed by atoms with Crippen molar-refractivity contribution in [3.05, 3.63) is 28.9 Å². The van der Waals surface area contributed by atoms with Crippen LogP contribution in [-0.2, 0) is 0 Å². The van der Waals surface area contributed by atoms with E-state index in [4.69, 9.17) is 4.42 Å². The van der Waals surface area contributed by atoms with E-state index in [1.54, 1.807) is 0 Å². The summed E-state index contributed by atoms with van der Waals surface area (Å²) in [5, 5.41) is 8.82. The van der Waals surface area contributed by atoms with E-state index in [9.17, 15) is 4.79 Å². The van der Waals surface area contributed by atoms with Gasteiger partial charge in [-0.1, -0.05) is 31.0 Å². The van der Waals surface area contributed by atoms with E-state index in [0.717, 1.165) is 35.7 Å². The maximum Gasteiger partial charge on any atom is 0.277 e. The highest BCUT2D eigenvalue weighted by atomic mass is 32.2. The molecule has 136 valence electrons. The number of aryl methyl sites for hydroxylation is 1. The van der Waals surface area contributed by atoms with Crippen LogP contribution in [-0.4, -0.2) is 26.3 Å². The molecule has 3 rings (SSSR count). The first-order valence-corrected chi connectivity index (χ1v) is 10.1. The molecule has 0 aromatic carbocycles. The highest BCUT2D eigenvalue weighted by Gasteiger charge is 2.22. The second kappa shape index (κ2) is 7.77. The van der Waals surface area contributed by atoms with E-state index in [1.807, 2.05) is 19.9 Å². The third-order valence-corrected chi connectivity index (χ3v) is 5.82. The van der Waals surface area contributed by atoms with Gasteiger partial charge in [0.25, 0.3) is 5.22 Å². The molecule has 0 amide bonds. The van der Waals surface area contributed by atoms with Crippen LogP contribution in [0.5, 0.6) is 0 Å². The lowest BCUT2D eigenvalue weighted by Crippen LogP contribution is -2.08. The van der Waals surface area contributed by atoms with Gasteiger partial charge in [-0.05, 0) is 46.6 Å². The molecule has 25 heavy (non-hydrogen) atoms. The van der Waals surface area contributed by atoms with Crippen molar-refractivity contribution in [1.29, 1.82) is 0 Å². The maximum atomic E-state index is 12.6. The van der Waals surface area contributed by atoms with Crippen molar-refractivity contribution in [2.45, 2.75) is 77.0 Å². The van der Waals surface area contributed by atoms with Crippen molar-refractivity contribution >= 4 is 17.5 Å². The smallest absolute Gasteiger partial charge is 0.277 e. The largest absolute Gasteiger partial charge is 0.416 e. The lowest BCUT2D eigenvalue weighted by atomic mass is 9.89. The fraction of sp³-hybridized carbons (Fsp3) is 0.632. The van der Waals surface area contributed by atoms with Gasteiger partial charge in [0, 0.05) is 28.9 Å². The molecule has 0 spiro atoms. The quantitative estimate of drug-likeness (QED) is 0.529. The van der Waals surface area contributed by atoms with Gasteiger partial charge in [-0.15, -0.1) is 10.2 Å². The topological polar surface area (TPSA) is 60.9 Å². The van der Waals surface area contributed by atoms with Crippen LogP contribution in [0.2, 0.25) is 0 Å². The van der Waals surface area contributed by atoms with E-state index in [0.29, 0.717) is 22.9 Å². The fourth-order valence-electron chi connectivity index (χ4n) is 3.85. The molecule has 2 heterocycles. The summed E-state index contributed by atoms with van der Waals surface area (Å²) in [4.78, 5) is 12.6. The van der Waals surface area contributed by atoms with Gasteiger partial charge in [-0.25, -0.2) is 0 Å². The molecule has 1 aliphatic rings. The van der Waals surface area contributed by atoms with Gasteiger partial charge in [0.2, 0.25) is 5.89 Å². The highest BCUT2D eigenvalue weighted by molar-refractivity contribution is 7.99. The van der Waals surface area contributed by atoms with Crippen LogP contribution in [0.4, 0.5) is 0 Å². The van der Waals surface area contributed by atoms with E-state index >= 15 is 0 Å². The Morgan fingerprint density at radius 3 is 2.64 bits per heavy atom. The second-order valence-electron chi connectivity index (χ2n) is 7.20. The number of Topliss-reactive ketones (excluding diaryl/α,β-unsaturated/α-hetero) is 1. The number of hydrogen-bond donors (Lipinski definition) is 0. The van der Waals surface area contributed by atoms with Crippen LogP contribution >= 0.6 is 11.8 Å². The summed E-state index contributed by atoms with van der Waals surface area (Å²) in [7, 11) is 0. The summed E-state index contributed by atoms with van der Waals surface area (Å²) in [6.07, 6.45) is 6.04. The zero-order valence-electron chi connectivity index (χ0n) is 15.5. The van der Waals surface area contributed by atoms with Crippen molar-refractivity contribution in [1.82, 2.24) is 14.8 Å². The molecular weight excluding hydrogens is 334 g/mol. The minimum Gasteiger partial charge on any atom is -0.416 e. The molecule has 0 N–H and O–H groups in total. The third kappa shape index (κ3) is 4.00. The summed E-state index contributed by atoms with van der Waals surface area (Å²) in [5.41, 5.74) is 2.95. The highest BCUT2D eigenvalue weighted by Crippen LogP contribution is 2.33. The summed E-state index contributed by atoms with van der Waals surface area (Å²) in [6, 6.07) is 2.34. The first kappa shape index (κ1) is 18.2. The van der Waals surface area contributed by atoms with Crippen molar-refractivity contribution in [3.63, 3.8) is 0 Å². The second-order valence-corrected chi connectivity index (χ2v) is 8.13. The van der Waals surface area contributed by atoms with Crippen molar-refractivity contribution in [3.8, 4) is 0 Å². The monoisotopic (exact) mass is 361 g/mol. The van der Waals surface area contributed by atoms with Gasteiger partial charge in [-0.2, -0.15) is 0 Å². The Morgan fingerprint density at radius 1 is 1.28 bits per heavy atom. The Labute approximate surface area is 153 Å². The van der Waals surface area contributed by atoms with Crippen LogP contribution in [0.3, 0.4) is 0 Å². The molecular formula is C19H27N3O2S. The molecule has 1 saturated carbocycles. The Kier molecular flexibility index (Phi) is 5.67. The average molecular weight is 362 g/mol. The molecule has 2 aromatic heterocycles. The minimum absolute atomic E-state index is 0.113. The molecule has 1 aliphatic carbocycles. The van der Waals surface area contributed by atoms with E-state index in [1.165, 1.54) is 31.0 Å². The number of nitrogens with zero attached hydrogens (tertiary/aromatic N) is 3. The number of hydrogen-bond acceptors (Lipinski definition) is 5. The van der Waals surface area contributed by atoms with E-state index in [-0.39, 0.29) is 5.78 Å². The fourth-order valence-corrected chi connectivity index (χ4v) is 4.51. The summed E-state index contributed by atoms with van der Waals surface area (Å²) >= 11 is 1.34. The van der Waals surface area contributed by atoms with Crippen LogP contribution in [0, 0.1) is 13.8 Å².